The van der Waals surface area contributed by atoms with Crippen molar-refractivity contribution in [2.45, 2.75) is 155 Å². The van der Waals surface area contributed by atoms with Gasteiger partial charge in [0, 0.05) is 18.0 Å². The van der Waals surface area contributed by atoms with E-state index in [0.717, 1.165) is 44.1 Å². The molecule has 0 bridgehead atoms. The fourth-order valence-corrected chi connectivity index (χ4v) is 5.39. The number of esters is 1. The third-order valence-corrected chi connectivity index (χ3v) is 7.88. The molecular weight excluding hydrogens is 508 g/mol. The maximum Gasteiger partial charge on any atom is 0.307 e. The summed E-state index contributed by atoms with van der Waals surface area (Å²) in [5, 5.41) is 5.90. The Hall–Kier alpha value is -1.93. The van der Waals surface area contributed by atoms with Crippen LogP contribution in [0.15, 0.2) is 11.6 Å². The van der Waals surface area contributed by atoms with Crippen molar-refractivity contribution in [1.29, 1.82) is 0 Å². The van der Waals surface area contributed by atoms with Crippen LogP contribution in [0.25, 0.3) is 0 Å². The van der Waals surface area contributed by atoms with E-state index in [1.54, 1.807) is 19.9 Å². The Morgan fingerprint density at radius 2 is 1.57 bits per heavy atom. The van der Waals surface area contributed by atoms with Gasteiger partial charge in [0.1, 0.15) is 12.2 Å². The molecule has 40 heavy (non-hydrogen) atoms. The van der Waals surface area contributed by atoms with E-state index >= 15 is 0 Å². The van der Waals surface area contributed by atoms with E-state index in [1.165, 1.54) is 44.9 Å². The van der Waals surface area contributed by atoms with E-state index < -0.39 is 17.3 Å². The number of hydrogen-bond acceptors (Lipinski definition) is 6. The molecule has 2 fully saturated rings. The van der Waals surface area contributed by atoms with Gasteiger partial charge in [0.25, 0.3) is 0 Å². The van der Waals surface area contributed by atoms with Gasteiger partial charge in [-0.2, -0.15) is 0 Å². The summed E-state index contributed by atoms with van der Waals surface area (Å²) in [5.74, 6) is -1.58. The second kappa shape index (κ2) is 17.1. The molecule has 0 radical (unpaired) electrons. The van der Waals surface area contributed by atoms with E-state index in [9.17, 15) is 14.4 Å². The number of ether oxygens (including phenoxy) is 3. The van der Waals surface area contributed by atoms with Crippen molar-refractivity contribution in [2.24, 2.45) is 5.41 Å². The first kappa shape index (κ1) is 34.3. The minimum absolute atomic E-state index is 0.0631. The Kier molecular flexibility index (Phi) is 14.7. The van der Waals surface area contributed by atoms with E-state index in [-0.39, 0.29) is 42.9 Å². The number of unbranched alkanes of at least 4 members (excludes halogenated alkanes) is 7. The SMILES string of the molecule is CCCCCCCCCC/C(C)=C/C(=O)N[C@H]1CCCC[C@@H]1OC(=O)CCNC(=O)C1OC(C)(C)OCC1(C)C. The molecule has 1 unspecified atom stereocenters. The summed E-state index contributed by atoms with van der Waals surface area (Å²) in [6.07, 6.45) is 15.3. The molecule has 1 saturated carbocycles. The van der Waals surface area contributed by atoms with Crippen LogP contribution in [0, 0.1) is 5.41 Å². The van der Waals surface area contributed by atoms with E-state index in [2.05, 4.69) is 17.6 Å². The minimum atomic E-state index is -0.835. The molecule has 3 atom stereocenters. The van der Waals surface area contributed by atoms with Crippen LogP contribution >= 0.6 is 0 Å². The number of allylic oxidation sites excluding steroid dienone is 1. The van der Waals surface area contributed by atoms with Gasteiger partial charge in [-0.25, -0.2) is 0 Å². The van der Waals surface area contributed by atoms with Gasteiger partial charge in [0.2, 0.25) is 11.8 Å². The molecule has 1 aliphatic carbocycles. The van der Waals surface area contributed by atoms with Crippen molar-refractivity contribution < 1.29 is 28.6 Å². The number of amides is 2. The monoisotopic (exact) mass is 564 g/mol. The van der Waals surface area contributed by atoms with Crippen LogP contribution in [0.2, 0.25) is 0 Å². The lowest BCUT2D eigenvalue weighted by molar-refractivity contribution is -0.304. The van der Waals surface area contributed by atoms with Crippen LogP contribution in [-0.4, -0.2) is 55.0 Å². The van der Waals surface area contributed by atoms with Crippen LogP contribution < -0.4 is 10.6 Å². The molecule has 2 aliphatic rings. The lowest BCUT2D eigenvalue weighted by Crippen LogP contribution is -2.56. The minimum Gasteiger partial charge on any atom is -0.460 e. The van der Waals surface area contributed by atoms with Gasteiger partial charge in [-0.05, 0) is 52.9 Å². The summed E-state index contributed by atoms with van der Waals surface area (Å²) in [7, 11) is 0. The van der Waals surface area contributed by atoms with Gasteiger partial charge in [0.05, 0.1) is 19.1 Å². The number of hydrogen-bond donors (Lipinski definition) is 2. The Balaban J connectivity index is 1.71. The van der Waals surface area contributed by atoms with Gasteiger partial charge in [-0.15, -0.1) is 0 Å². The maximum atomic E-state index is 12.8. The average molecular weight is 565 g/mol. The zero-order valence-corrected chi connectivity index (χ0v) is 26.1. The van der Waals surface area contributed by atoms with Crippen molar-refractivity contribution in [2.75, 3.05) is 13.2 Å². The molecule has 8 heteroatoms. The Bertz CT molecular complexity index is 837. The summed E-state index contributed by atoms with van der Waals surface area (Å²) in [6.45, 7) is 12.2. The molecule has 0 aromatic carbocycles. The lowest BCUT2D eigenvalue weighted by Gasteiger charge is -2.44. The third kappa shape index (κ3) is 12.7. The molecule has 8 nitrogen and oxygen atoms in total. The van der Waals surface area contributed by atoms with Crippen molar-refractivity contribution in [1.82, 2.24) is 10.6 Å². The molecule has 1 aliphatic heterocycles. The van der Waals surface area contributed by atoms with Crippen LogP contribution in [0.4, 0.5) is 0 Å². The highest BCUT2D eigenvalue weighted by molar-refractivity contribution is 5.88. The summed E-state index contributed by atoms with van der Waals surface area (Å²) in [4.78, 5) is 38.1. The second-order valence-corrected chi connectivity index (χ2v) is 12.9. The highest BCUT2D eigenvalue weighted by Gasteiger charge is 2.45. The third-order valence-electron chi connectivity index (χ3n) is 7.88. The van der Waals surface area contributed by atoms with Gasteiger partial charge >= 0.3 is 5.97 Å². The summed E-state index contributed by atoms with van der Waals surface area (Å²) < 4.78 is 17.3. The van der Waals surface area contributed by atoms with Gasteiger partial charge in [-0.1, -0.05) is 77.7 Å². The number of carbonyl (C=O) groups is 3. The molecule has 1 heterocycles. The van der Waals surface area contributed by atoms with Gasteiger partial charge < -0.3 is 24.8 Å². The molecule has 0 spiro atoms. The Morgan fingerprint density at radius 1 is 0.925 bits per heavy atom. The van der Waals surface area contributed by atoms with E-state index in [4.69, 9.17) is 14.2 Å². The molecule has 0 aromatic rings. The topological polar surface area (TPSA) is 103 Å². The van der Waals surface area contributed by atoms with Crippen LogP contribution in [0.3, 0.4) is 0 Å². The second-order valence-electron chi connectivity index (χ2n) is 12.9. The highest BCUT2D eigenvalue weighted by Crippen LogP contribution is 2.34. The molecule has 2 amide bonds. The zero-order valence-electron chi connectivity index (χ0n) is 26.1. The molecule has 0 aromatic heterocycles. The molecule has 230 valence electrons. The van der Waals surface area contributed by atoms with Gasteiger partial charge in [-0.3, -0.25) is 14.4 Å². The van der Waals surface area contributed by atoms with Crippen LogP contribution in [0.1, 0.15) is 131 Å². The predicted octanol–water partition coefficient (Wildman–Crippen LogP) is 6.12. The number of rotatable bonds is 16. The first-order chi connectivity index (χ1) is 18.9. The maximum absolute atomic E-state index is 12.8. The van der Waals surface area contributed by atoms with Gasteiger partial charge in [0.15, 0.2) is 5.79 Å². The first-order valence-electron chi connectivity index (χ1n) is 15.7. The smallest absolute Gasteiger partial charge is 0.307 e. The van der Waals surface area contributed by atoms with Crippen LogP contribution in [-0.2, 0) is 28.6 Å². The number of carbonyl (C=O) groups excluding carboxylic acids is 3. The Labute approximate surface area is 242 Å². The average Bonchev–Trinajstić information content (AvgIpc) is 2.88. The zero-order chi connectivity index (χ0) is 29.6. The summed E-state index contributed by atoms with van der Waals surface area (Å²) in [6, 6.07) is -0.189. The number of nitrogens with one attached hydrogen (secondary N) is 2. The quantitative estimate of drug-likeness (QED) is 0.133. The molecule has 2 rings (SSSR count). The largest absolute Gasteiger partial charge is 0.460 e. The van der Waals surface area contributed by atoms with Crippen molar-refractivity contribution >= 4 is 17.8 Å². The van der Waals surface area contributed by atoms with Crippen molar-refractivity contribution in [3.63, 3.8) is 0 Å². The molecule has 2 N–H and O–H groups in total. The van der Waals surface area contributed by atoms with Crippen LogP contribution in [0.5, 0.6) is 0 Å². The van der Waals surface area contributed by atoms with Crippen molar-refractivity contribution in [3.05, 3.63) is 11.6 Å². The van der Waals surface area contributed by atoms with E-state index in [0.29, 0.717) is 6.61 Å². The highest BCUT2D eigenvalue weighted by atomic mass is 16.7. The Morgan fingerprint density at radius 3 is 2.27 bits per heavy atom. The fraction of sp³-hybridized carbons (Fsp3) is 0.844. The molecular formula is C32H56N2O6. The van der Waals surface area contributed by atoms with E-state index in [1.807, 2.05) is 20.8 Å². The lowest BCUT2D eigenvalue weighted by atomic mass is 9.85. The standard InChI is InChI=1S/C32H56N2O6/c1-7-8-9-10-11-12-13-14-17-24(2)22-27(35)34-25-18-15-16-19-26(25)39-28(36)20-21-33-30(37)29-31(3,4)23-38-32(5,6)40-29/h22,25-26,29H,7-21,23H2,1-6H3,(H,33,37)(H,34,35)/b24-22+/t25-,26-,29?/m0/s1. The first-order valence-corrected chi connectivity index (χ1v) is 15.7. The van der Waals surface area contributed by atoms with Crippen molar-refractivity contribution in [3.8, 4) is 0 Å². The fourth-order valence-electron chi connectivity index (χ4n) is 5.39. The molecule has 1 saturated heterocycles. The summed E-state index contributed by atoms with van der Waals surface area (Å²) in [5.41, 5.74) is 0.609. The predicted molar refractivity (Wildman–Crippen MR) is 158 cm³/mol. The normalized spacial score (nSPS) is 24.2. The summed E-state index contributed by atoms with van der Waals surface area (Å²) >= 11 is 0.